The van der Waals surface area contributed by atoms with Crippen LogP contribution < -0.4 is 0 Å². The van der Waals surface area contributed by atoms with Crippen LogP contribution in [0.5, 0.6) is 0 Å². The highest BCUT2D eigenvalue weighted by molar-refractivity contribution is 5.73. The molecule has 0 radical (unpaired) electrons. The molecule has 1 aliphatic heterocycles. The minimum Gasteiger partial charge on any atom is -0.458 e. The fraction of sp³-hybridized carbons (Fsp3) is 0.882. The third-order valence-corrected chi connectivity index (χ3v) is 3.74. The van der Waals surface area contributed by atoms with E-state index in [0.29, 0.717) is 6.61 Å². The Balaban J connectivity index is 2.88. The highest BCUT2D eigenvalue weighted by atomic mass is 16.6. The Hall–Kier alpha value is -1.14. The minimum atomic E-state index is -0.670. The summed E-state index contributed by atoms with van der Waals surface area (Å²) in [7, 11) is 0. The van der Waals surface area contributed by atoms with Crippen LogP contribution in [-0.2, 0) is 28.5 Å². The zero-order chi connectivity index (χ0) is 17.4. The molecule has 0 aromatic heterocycles. The molecule has 134 valence electrons. The van der Waals surface area contributed by atoms with Gasteiger partial charge in [-0.3, -0.25) is 9.59 Å². The summed E-state index contributed by atoms with van der Waals surface area (Å²) in [6, 6.07) is 0. The number of carbonyl (C=O) groups excluding carboxylic acids is 2. The van der Waals surface area contributed by atoms with Gasteiger partial charge in [0.1, 0.15) is 12.2 Å². The Morgan fingerprint density at radius 2 is 2.00 bits per heavy atom. The highest BCUT2D eigenvalue weighted by Crippen LogP contribution is 2.19. The maximum atomic E-state index is 12.0. The molecular weight excluding hydrogens is 300 g/mol. The van der Waals surface area contributed by atoms with Crippen molar-refractivity contribution in [2.45, 2.75) is 65.8 Å². The zero-order valence-corrected chi connectivity index (χ0v) is 14.9. The maximum Gasteiger partial charge on any atom is 0.311 e. The third-order valence-electron chi connectivity index (χ3n) is 3.74. The lowest BCUT2D eigenvalue weighted by Crippen LogP contribution is -2.45. The van der Waals surface area contributed by atoms with E-state index < -0.39 is 18.3 Å². The van der Waals surface area contributed by atoms with E-state index in [9.17, 15) is 9.59 Å². The monoisotopic (exact) mass is 330 g/mol. The van der Waals surface area contributed by atoms with Crippen molar-refractivity contribution in [1.29, 1.82) is 0 Å². The Kier molecular flexibility index (Phi) is 8.55. The molecular formula is C17H30O6. The summed E-state index contributed by atoms with van der Waals surface area (Å²) < 4.78 is 22.4. The smallest absolute Gasteiger partial charge is 0.311 e. The standard InChI is InChI=1S/C17H30O6/c1-6-7-8-21-14-10-20-9-12(4)17(19)22-13(5)15(14)23-16(18)11(2)3/h11-15H,6-10H2,1-5H3/t12-,13-,14-,15-/m0/s1. The lowest BCUT2D eigenvalue weighted by atomic mass is 10.1. The second-order valence-corrected chi connectivity index (χ2v) is 6.40. The number of unbranched alkanes of at least 4 members (excludes halogenated alkanes) is 1. The molecule has 0 spiro atoms. The first-order chi connectivity index (χ1) is 10.9. The summed E-state index contributed by atoms with van der Waals surface area (Å²) in [4.78, 5) is 24.0. The predicted molar refractivity (Wildman–Crippen MR) is 84.9 cm³/mol. The molecule has 1 saturated heterocycles. The van der Waals surface area contributed by atoms with Crippen LogP contribution in [0, 0.1) is 11.8 Å². The van der Waals surface area contributed by atoms with E-state index in [-0.39, 0.29) is 37.0 Å². The number of cyclic esters (lactones) is 1. The number of hydrogen-bond donors (Lipinski definition) is 0. The second-order valence-electron chi connectivity index (χ2n) is 6.40. The fourth-order valence-electron chi connectivity index (χ4n) is 2.16. The van der Waals surface area contributed by atoms with Crippen molar-refractivity contribution in [2.75, 3.05) is 19.8 Å². The Labute approximate surface area is 138 Å². The van der Waals surface area contributed by atoms with Gasteiger partial charge in [-0.25, -0.2) is 0 Å². The van der Waals surface area contributed by atoms with Crippen molar-refractivity contribution in [3.63, 3.8) is 0 Å². The van der Waals surface area contributed by atoms with E-state index in [1.807, 2.05) is 0 Å². The van der Waals surface area contributed by atoms with Gasteiger partial charge in [-0.05, 0) is 20.3 Å². The molecule has 0 amide bonds. The second kappa shape index (κ2) is 9.88. The molecule has 4 atom stereocenters. The molecule has 0 aromatic carbocycles. The number of hydrogen-bond acceptors (Lipinski definition) is 6. The van der Waals surface area contributed by atoms with Crippen molar-refractivity contribution in [3.05, 3.63) is 0 Å². The zero-order valence-electron chi connectivity index (χ0n) is 14.9. The number of esters is 2. The number of rotatable bonds is 6. The quantitative estimate of drug-likeness (QED) is 0.550. The van der Waals surface area contributed by atoms with E-state index in [1.54, 1.807) is 27.7 Å². The molecule has 0 N–H and O–H groups in total. The fourth-order valence-corrected chi connectivity index (χ4v) is 2.16. The average molecular weight is 330 g/mol. The number of carbonyl (C=O) groups is 2. The average Bonchev–Trinajstić information content (AvgIpc) is 2.53. The van der Waals surface area contributed by atoms with E-state index in [4.69, 9.17) is 18.9 Å². The normalized spacial score (nSPS) is 29.4. The molecule has 6 nitrogen and oxygen atoms in total. The molecule has 0 aromatic rings. The van der Waals surface area contributed by atoms with Gasteiger partial charge in [-0.15, -0.1) is 0 Å². The van der Waals surface area contributed by atoms with Crippen LogP contribution in [0.3, 0.4) is 0 Å². The van der Waals surface area contributed by atoms with Crippen LogP contribution in [0.15, 0.2) is 0 Å². The van der Waals surface area contributed by atoms with E-state index in [0.717, 1.165) is 12.8 Å². The van der Waals surface area contributed by atoms with Crippen molar-refractivity contribution >= 4 is 11.9 Å². The molecule has 1 heterocycles. The van der Waals surface area contributed by atoms with Gasteiger partial charge in [0.25, 0.3) is 0 Å². The van der Waals surface area contributed by atoms with Crippen LogP contribution in [0.1, 0.15) is 47.5 Å². The van der Waals surface area contributed by atoms with Gasteiger partial charge >= 0.3 is 11.9 Å². The third kappa shape index (κ3) is 6.47. The lowest BCUT2D eigenvalue weighted by molar-refractivity contribution is -0.183. The summed E-state index contributed by atoms with van der Waals surface area (Å²) in [5.41, 5.74) is 0. The van der Waals surface area contributed by atoms with Crippen molar-refractivity contribution < 1.29 is 28.5 Å². The Bertz CT molecular complexity index is 381. The van der Waals surface area contributed by atoms with Crippen molar-refractivity contribution in [2.24, 2.45) is 11.8 Å². The summed E-state index contributed by atoms with van der Waals surface area (Å²) in [6.45, 7) is 10.2. The molecule has 0 unspecified atom stereocenters. The molecule has 6 heteroatoms. The topological polar surface area (TPSA) is 71.1 Å². The number of ether oxygens (including phenoxy) is 4. The molecule has 1 rings (SSSR count). The van der Waals surface area contributed by atoms with Gasteiger partial charge in [0.2, 0.25) is 0 Å². The summed E-state index contributed by atoms with van der Waals surface area (Å²) in [6.07, 6.45) is 0.215. The highest BCUT2D eigenvalue weighted by Gasteiger charge is 2.36. The maximum absolute atomic E-state index is 12.0. The van der Waals surface area contributed by atoms with Gasteiger partial charge in [0.15, 0.2) is 6.10 Å². The molecule has 0 saturated carbocycles. The molecule has 0 bridgehead atoms. The van der Waals surface area contributed by atoms with Gasteiger partial charge < -0.3 is 18.9 Å². The Morgan fingerprint density at radius 1 is 1.30 bits per heavy atom. The van der Waals surface area contributed by atoms with Gasteiger partial charge in [-0.1, -0.05) is 27.2 Å². The van der Waals surface area contributed by atoms with Crippen LogP contribution in [0.4, 0.5) is 0 Å². The first-order valence-electron chi connectivity index (χ1n) is 8.47. The first kappa shape index (κ1) is 19.9. The van der Waals surface area contributed by atoms with E-state index in [1.165, 1.54) is 0 Å². The molecule has 1 aliphatic rings. The summed E-state index contributed by atoms with van der Waals surface area (Å²) in [5, 5.41) is 0. The molecule has 0 aliphatic carbocycles. The summed E-state index contributed by atoms with van der Waals surface area (Å²) in [5.74, 6) is -1.30. The van der Waals surface area contributed by atoms with E-state index in [2.05, 4.69) is 6.92 Å². The van der Waals surface area contributed by atoms with Crippen LogP contribution in [-0.4, -0.2) is 50.1 Å². The van der Waals surface area contributed by atoms with Crippen LogP contribution in [0.2, 0.25) is 0 Å². The molecule has 23 heavy (non-hydrogen) atoms. The SMILES string of the molecule is CCCCO[C@H]1COC[C@H](C)C(=O)O[C@@H](C)[C@@H]1OC(=O)C(C)C. The van der Waals surface area contributed by atoms with Crippen LogP contribution >= 0.6 is 0 Å². The Morgan fingerprint density at radius 3 is 2.61 bits per heavy atom. The summed E-state index contributed by atoms with van der Waals surface area (Å²) >= 11 is 0. The van der Waals surface area contributed by atoms with Crippen LogP contribution in [0.25, 0.3) is 0 Å². The van der Waals surface area contributed by atoms with Crippen molar-refractivity contribution in [3.8, 4) is 0 Å². The lowest BCUT2D eigenvalue weighted by Gasteiger charge is -2.30. The van der Waals surface area contributed by atoms with Crippen molar-refractivity contribution in [1.82, 2.24) is 0 Å². The van der Waals surface area contributed by atoms with Gasteiger partial charge in [-0.2, -0.15) is 0 Å². The first-order valence-corrected chi connectivity index (χ1v) is 8.47. The van der Waals surface area contributed by atoms with Gasteiger partial charge in [0.05, 0.1) is 25.0 Å². The largest absolute Gasteiger partial charge is 0.458 e. The van der Waals surface area contributed by atoms with Gasteiger partial charge in [0, 0.05) is 6.61 Å². The minimum absolute atomic E-state index is 0.262. The van der Waals surface area contributed by atoms with E-state index >= 15 is 0 Å². The predicted octanol–water partition coefficient (Wildman–Crippen LogP) is 2.34. The molecule has 1 fully saturated rings.